The highest BCUT2D eigenvalue weighted by molar-refractivity contribution is 5.85. The van der Waals surface area contributed by atoms with Gasteiger partial charge in [-0.3, -0.25) is 9.59 Å². The third-order valence-electron chi connectivity index (χ3n) is 5.06. The number of carbonyl (C=O) groups excluding carboxylic acids is 2. The van der Waals surface area contributed by atoms with Crippen molar-refractivity contribution in [3.05, 3.63) is 24.2 Å². The Morgan fingerprint density at radius 2 is 2.04 bits per heavy atom. The topological polar surface area (TPSA) is 63.0 Å². The second kappa shape index (κ2) is 10.5. The summed E-state index contributed by atoms with van der Waals surface area (Å²) in [5.74, 6) is 0.997. The molecule has 1 aromatic heterocycles. The average molecular weight is 379 g/mol. The maximum Gasteiger partial charge on any atom is 0.242 e. The van der Waals surface area contributed by atoms with E-state index in [1.165, 1.54) is 0 Å². The smallest absolute Gasteiger partial charge is 0.242 e. The van der Waals surface area contributed by atoms with E-state index < -0.39 is 0 Å². The number of rotatable bonds is 10. The van der Waals surface area contributed by atoms with Crippen LogP contribution in [0.25, 0.3) is 0 Å². The monoisotopic (exact) mass is 378 g/mol. The van der Waals surface area contributed by atoms with E-state index in [9.17, 15) is 9.59 Å². The van der Waals surface area contributed by atoms with E-state index in [-0.39, 0.29) is 36.4 Å². The van der Waals surface area contributed by atoms with Crippen LogP contribution in [0, 0.1) is 5.92 Å². The normalized spacial score (nSPS) is 17.9. The van der Waals surface area contributed by atoms with Crippen LogP contribution >= 0.6 is 0 Å². The molecule has 0 aromatic carbocycles. The van der Waals surface area contributed by atoms with E-state index >= 15 is 0 Å². The van der Waals surface area contributed by atoms with Gasteiger partial charge in [0, 0.05) is 25.6 Å². The van der Waals surface area contributed by atoms with Crippen molar-refractivity contribution < 1.29 is 18.7 Å². The summed E-state index contributed by atoms with van der Waals surface area (Å²) >= 11 is 0. The zero-order chi connectivity index (χ0) is 19.8. The molecule has 2 rings (SSSR count). The number of amides is 2. The van der Waals surface area contributed by atoms with Crippen molar-refractivity contribution in [2.75, 3.05) is 19.7 Å². The van der Waals surface area contributed by atoms with Gasteiger partial charge >= 0.3 is 0 Å². The number of carbonyl (C=O) groups is 2. The Hall–Kier alpha value is -1.82. The minimum Gasteiger partial charge on any atom is -0.467 e. The molecule has 0 spiro atoms. The lowest BCUT2D eigenvalue weighted by atomic mass is 10.1. The Morgan fingerprint density at radius 3 is 2.59 bits per heavy atom. The van der Waals surface area contributed by atoms with Gasteiger partial charge in [0.1, 0.15) is 12.3 Å². The van der Waals surface area contributed by atoms with Gasteiger partial charge in [-0.05, 0) is 44.2 Å². The van der Waals surface area contributed by atoms with Gasteiger partial charge < -0.3 is 19.0 Å². The fourth-order valence-corrected chi connectivity index (χ4v) is 3.30. The molecule has 1 aliphatic rings. The Bertz CT molecular complexity index is 579. The van der Waals surface area contributed by atoms with Gasteiger partial charge in [-0.2, -0.15) is 0 Å². The molecule has 0 bridgehead atoms. The molecule has 0 saturated carbocycles. The van der Waals surface area contributed by atoms with Crippen LogP contribution in [0.2, 0.25) is 0 Å². The summed E-state index contributed by atoms with van der Waals surface area (Å²) in [6.45, 7) is 9.88. The largest absolute Gasteiger partial charge is 0.467 e. The van der Waals surface area contributed by atoms with Crippen molar-refractivity contribution in [3.8, 4) is 0 Å². The highest BCUT2D eigenvalue weighted by atomic mass is 16.5. The standard InChI is InChI=1S/C21H34N2O4/c1-5-17(4)23(20(24)12-16(2)3)15-21(25)22(13-18-8-6-10-26-18)14-19-9-7-11-27-19/h6,8,10,16-17,19H,5,7,9,11-15H2,1-4H3/t17-,19-/m1/s1. The van der Waals surface area contributed by atoms with E-state index in [0.717, 1.165) is 31.6 Å². The highest BCUT2D eigenvalue weighted by Gasteiger charge is 2.28. The molecule has 0 N–H and O–H groups in total. The first-order chi connectivity index (χ1) is 12.9. The van der Waals surface area contributed by atoms with Crippen LogP contribution < -0.4 is 0 Å². The van der Waals surface area contributed by atoms with Crippen molar-refractivity contribution in [2.45, 2.75) is 72.1 Å². The van der Waals surface area contributed by atoms with Crippen LogP contribution in [0.15, 0.2) is 22.8 Å². The summed E-state index contributed by atoms with van der Waals surface area (Å²) in [4.78, 5) is 29.3. The minimum absolute atomic E-state index is 0.0355. The predicted octanol–water partition coefficient (Wildman–Crippen LogP) is 3.46. The van der Waals surface area contributed by atoms with Crippen molar-refractivity contribution in [1.82, 2.24) is 9.80 Å². The molecule has 6 heteroatoms. The number of hydrogen-bond donors (Lipinski definition) is 0. The Morgan fingerprint density at radius 1 is 1.26 bits per heavy atom. The second-order valence-electron chi connectivity index (χ2n) is 7.87. The van der Waals surface area contributed by atoms with Crippen LogP contribution in [0.3, 0.4) is 0 Å². The summed E-state index contributed by atoms with van der Waals surface area (Å²) in [5, 5.41) is 0. The Labute approximate surface area is 162 Å². The first kappa shape index (κ1) is 21.5. The summed E-state index contributed by atoms with van der Waals surface area (Å²) in [5.41, 5.74) is 0. The molecule has 2 amide bonds. The van der Waals surface area contributed by atoms with Crippen molar-refractivity contribution in [1.29, 1.82) is 0 Å². The summed E-state index contributed by atoms with van der Waals surface area (Å²) in [6.07, 6.45) is 4.94. The summed E-state index contributed by atoms with van der Waals surface area (Å²) in [7, 11) is 0. The van der Waals surface area contributed by atoms with Crippen LogP contribution in [-0.4, -0.2) is 53.5 Å². The molecule has 1 aliphatic heterocycles. The van der Waals surface area contributed by atoms with Gasteiger partial charge in [0.25, 0.3) is 0 Å². The van der Waals surface area contributed by atoms with Crippen molar-refractivity contribution >= 4 is 11.8 Å². The van der Waals surface area contributed by atoms with E-state index in [2.05, 4.69) is 0 Å². The van der Waals surface area contributed by atoms with Gasteiger partial charge in [-0.1, -0.05) is 20.8 Å². The highest BCUT2D eigenvalue weighted by Crippen LogP contribution is 2.17. The van der Waals surface area contributed by atoms with E-state index in [1.54, 1.807) is 16.1 Å². The number of nitrogens with zero attached hydrogens (tertiary/aromatic N) is 2. The molecular weight excluding hydrogens is 344 g/mol. The third kappa shape index (κ3) is 6.69. The lowest BCUT2D eigenvalue weighted by Gasteiger charge is -2.32. The molecule has 1 saturated heterocycles. The van der Waals surface area contributed by atoms with Crippen LogP contribution in [0.5, 0.6) is 0 Å². The quantitative estimate of drug-likeness (QED) is 0.625. The maximum absolute atomic E-state index is 13.1. The number of ether oxygens (including phenoxy) is 1. The summed E-state index contributed by atoms with van der Waals surface area (Å²) in [6, 6.07) is 3.72. The van der Waals surface area contributed by atoms with Crippen LogP contribution in [0.1, 0.15) is 59.1 Å². The van der Waals surface area contributed by atoms with E-state index in [1.807, 2.05) is 39.8 Å². The predicted molar refractivity (Wildman–Crippen MR) is 104 cm³/mol. The van der Waals surface area contributed by atoms with Gasteiger partial charge in [-0.25, -0.2) is 0 Å². The van der Waals surface area contributed by atoms with Crippen molar-refractivity contribution in [3.63, 3.8) is 0 Å². The Kier molecular flexibility index (Phi) is 8.35. The van der Waals surface area contributed by atoms with Crippen LogP contribution in [-0.2, 0) is 20.9 Å². The molecule has 1 fully saturated rings. The molecule has 152 valence electrons. The van der Waals surface area contributed by atoms with Gasteiger partial charge in [0.15, 0.2) is 0 Å². The van der Waals surface area contributed by atoms with Crippen molar-refractivity contribution in [2.24, 2.45) is 5.92 Å². The lowest BCUT2D eigenvalue weighted by Crippen LogP contribution is -2.48. The molecule has 0 unspecified atom stereocenters. The van der Waals surface area contributed by atoms with Gasteiger partial charge in [-0.15, -0.1) is 0 Å². The molecule has 0 radical (unpaired) electrons. The first-order valence-corrected chi connectivity index (χ1v) is 10.1. The lowest BCUT2D eigenvalue weighted by molar-refractivity contribution is -0.144. The minimum atomic E-state index is -0.0562. The Balaban J connectivity index is 2.08. The van der Waals surface area contributed by atoms with Gasteiger partial charge in [0.05, 0.1) is 18.9 Å². The van der Waals surface area contributed by atoms with Gasteiger partial charge in [0.2, 0.25) is 11.8 Å². The zero-order valence-electron chi connectivity index (χ0n) is 17.1. The van der Waals surface area contributed by atoms with E-state index in [0.29, 0.717) is 19.5 Å². The number of hydrogen-bond acceptors (Lipinski definition) is 4. The second-order valence-corrected chi connectivity index (χ2v) is 7.87. The average Bonchev–Trinajstić information content (AvgIpc) is 3.31. The molecule has 6 nitrogen and oxygen atoms in total. The van der Waals surface area contributed by atoms with E-state index in [4.69, 9.17) is 9.15 Å². The SMILES string of the molecule is CC[C@@H](C)N(CC(=O)N(Cc1ccco1)C[C@H]1CCCO1)C(=O)CC(C)C. The fraction of sp³-hybridized carbons (Fsp3) is 0.714. The molecule has 1 aromatic rings. The first-order valence-electron chi connectivity index (χ1n) is 10.1. The summed E-state index contributed by atoms with van der Waals surface area (Å²) < 4.78 is 11.2. The maximum atomic E-state index is 13.1. The molecular formula is C21H34N2O4. The molecule has 2 atom stereocenters. The molecule has 0 aliphatic carbocycles. The van der Waals surface area contributed by atoms with Crippen LogP contribution in [0.4, 0.5) is 0 Å². The fourth-order valence-electron chi connectivity index (χ4n) is 3.30. The third-order valence-corrected chi connectivity index (χ3v) is 5.06. The zero-order valence-corrected chi connectivity index (χ0v) is 17.1. The number of furan rings is 1. The molecule has 27 heavy (non-hydrogen) atoms. The molecule has 2 heterocycles.